The molecular weight excluding hydrogens is 367 g/mol. The third kappa shape index (κ3) is 3.96. The van der Waals surface area contributed by atoms with Gasteiger partial charge in [0.1, 0.15) is 6.17 Å². The summed E-state index contributed by atoms with van der Waals surface area (Å²) in [4.78, 5) is 17.0. The van der Waals surface area contributed by atoms with Crippen LogP contribution in [0.5, 0.6) is 0 Å². The molecular formula is C15H15IN2O2. The highest BCUT2D eigenvalue weighted by Crippen LogP contribution is 2.09. The lowest BCUT2D eigenvalue weighted by Crippen LogP contribution is -2.88. The van der Waals surface area contributed by atoms with Crippen LogP contribution in [0.15, 0.2) is 48.5 Å². The molecule has 0 spiro atoms. The number of benzene rings is 2. The zero-order valence-electron chi connectivity index (χ0n) is 11.0. The topological polar surface area (TPSA) is 68.9 Å². The maximum absolute atomic E-state index is 11.9. The van der Waals surface area contributed by atoms with Gasteiger partial charge in [0.05, 0.1) is 5.56 Å². The van der Waals surface area contributed by atoms with E-state index in [1.54, 1.807) is 12.1 Å². The molecule has 0 aliphatic rings. The van der Waals surface area contributed by atoms with Gasteiger partial charge >= 0.3 is 5.97 Å². The van der Waals surface area contributed by atoms with Crippen LogP contribution in [-0.2, 0) is 4.84 Å². The fourth-order valence-electron chi connectivity index (χ4n) is 1.69. The van der Waals surface area contributed by atoms with E-state index in [-0.39, 0.29) is 0 Å². The molecule has 0 atom stereocenters. The van der Waals surface area contributed by atoms with E-state index in [1.165, 1.54) is 5.48 Å². The van der Waals surface area contributed by atoms with Crippen molar-refractivity contribution in [2.75, 3.05) is 0 Å². The van der Waals surface area contributed by atoms with Gasteiger partial charge in [-0.2, -0.15) is 17.6 Å². The quantitative estimate of drug-likeness (QED) is 0.481. The summed E-state index contributed by atoms with van der Waals surface area (Å²) in [6, 6.07) is 14.9. The Morgan fingerprint density at radius 2 is 2.00 bits per heavy atom. The molecule has 0 aromatic heterocycles. The Balaban J connectivity index is 1.96. The van der Waals surface area contributed by atoms with E-state index >= 15 is 0 Å². The van der Waals surface area contributed by atoms with Gasteiger partial charge in [-0.25, -0.2) is 4.79 Å². The second-order valence-electron chi connectivity index (χ2n) is 4.36. The molecule has 0 aliphatic heterocycles. The number of quaternary nitrogens is 1. The second-order valence-corrected chi connectivity index (χ2v) is 5.60. The Morgan fingerprint density at radius 1 is 1.25 bits per heavy atom. The van der Waals surface area contributed by atoms with E-state index in [9.17, 15) is 4.79 Å². The van der Waals surface area contributed by atoms with Gasteiger partial charge in [-0.1, -0.05) is 19.1 Å². The zero-order chi connectivity index (χ0) is 14.5. The number of hydroxylamine groups is 1. The molecule has 4 nitrogen and oxygen atoms in total. The predicted octanol–water partition coefficient (Wildman–Crippen LogP) is 1.73. The first kappa shape index (κ1) is 14.8. The third-order valence-electron chi connectivity index (χ3n) is 2.70. The number of aryl methyl sites for hydroxylation is 1. The normalized spacial score (nSPS) is 10.2. The molecule has 0 amide bonds. The predicted molar refractivity (Wildman–Crippen MR) is 84.2 cm³/mol. The minimum absolute atomic E-state index is 0.417. The lowest BCUT2D eigenvalue weighted by molar-refractivity contribution is -0.855. The van der Waals surface area contributed by atoms with Crippen molar-refractivity contribution in [1.29, 1.82) is 0 Å². The van der Waals surface area contributed by atoms with Crippen LogP contribution in [0.1, 0.15) is 21.5 Å². The van der Waals surface area contributed by atoms with Crippen LogP contribution in [0.2, 0.25) is 0 Å². The highest BCUT2D eigenvalue weighted by Gasteiger charge is 2.11. The first-order chi connectivity index (χ1) is 9.56. The van der Waals surface area contributed by atoms with Crippen LogP contribution in [-0.4, -0.2) is 5.97 Å². The van der Waals surface area contributed by atoms with Crippen molar-refractivity contribution in [2.24, 2.45) is 5.73 Å². The lowest BCUT2D eigenvalue weighted by Gasteiger charge is -2.16. The molecule has 2 aromatic carbocycles. The minimum Gasteiger partial charge on any atom is -0.306 e. The van der Waals surface area contributed by atoms with Crippen LogP contribution >= 0.6 is 22.6 Å². The summed E-state index contributed by atoms with van der Waals surface area (Å²) >= 11 is 2.15. The summed E-state index contributed by atoms with van der Waals surface area (Å²) < 4.78 is 0.979. The summed E-state index contributed by atoms with van der Waals surface area (Å²) in [5.41, 5.74) is 9.63. The Labute approximate surface area is 131 Å². The van der Waals surface area contributed by atoms with Crippen molar-refractivity contribution in [3.05, 3.63) is 75.0 Å². The molecule has 0 fully saturated rings. The molecule has 0 bridgehead atoms. The highest BCUT2D eigenvalue weighted by atomic mass is 127. The number of carbonyl (C=O) groups is 1. The number of hydrogen-bond donors (Lipinski definition) is 2. The number of rotatable bonds is 4. The fourth-order valence-corrected chi connectivity index (χ4v) is 2.24. The summed E-state index contributed by atoms with van der Waals surface area (Å²) in [6.07, 6.45) is 0.424. The Kier molecular flexibility index (Phi) is 4.99. The third-order valence-corrected chi connectivity index (χ3v) is 3.38. The van der Waals surface area contributed by atoms with Gasteiger partial charge in [0.25, 0.3) is 0 Å². The van der Waals surface area contributed by atoms with Crippen LogP contribution in [0, 0.1) is 16.7 Å². The monoisotopic (exact) mass is 382 g/mol. The summed E-state index contributed by atoms with van der Waals surface area (Å²) in [6.45, 7) is 1.98. The molecule has 20 heavy (non-hydrogen) atoms. The van der Waals surface area contributed by atoms with E-state index in [4.69, 9.17) is 10.6 Å². The second kappa shape index (κ2) is 6.74. The highest BCUT2D eigenvalue weighted by molar-refractivity contribution is 14.1. The molecule has 5 heteroatoms. The minimum atomic E-state index is -0.417. The summed E-state index contributed by atoms with van der Waals surface area (Å²) in [5.74, 6) is -0.417. The van der Waals surface area contributed by atoms with Crippen molar-refractivity contribution < 1.29 is 15.1 Å². The first-order valence-electron chi connectivity index (χ1n) is 6.05. The molecule has 0 saturated heterocycles. The standard InChI is InChI=1S/C15H15IN2O2/c1-10-4-2-5-11(8-10)14(17)18-20-15(19)12-6-3-7-13(16)9-12/h2-9H,17-18H2,1H3. The van der Waals surface area contributed by atoms with Crippen LogP contribution in [0.25, 0.3) is 0 Å². The molecule has 0 aliphatic carbocycles. The van der Waals surface area contributed by atoms with Gasteiger partial charge < -0.3 is 5.73 Å². The van der Waals surface area contributed by atoms with E-state index in [1.807, 2.05) is 43.3 Å². The molecule has 2 aromatic rings. The van der Waals surface area contributed by atoms with Crippen molar-refractivity contribution in [3.63, 3.8) is 0 Å². The number of halogens is 1. The number of hydrogen-bond acceptors (Lipinski definition) is 3. The summed E-state index contributed by atoms with van der Waals surface area (Å²) in [5, 5.41) is 0. The molecule has 104 valence electrons. The van der Waals surface area contributed by atoms with Crippen molar-refractivity contribution >= 4 is 28.6 Å². The molecule has 2 rings (SSSR count). The van der Waals surface area contributed by atoms with E-state index < -0.39 is 5.97 Å². The smallest absolute Gasteiger partial charge is 0.306 e. The van der Waals surface area contributed by atoms with Gasteiger partial charge in [-0.05, 0) is 40.8 Å². The number of nitrogens with two attached hydrogens (primary N) is 2. The Hall–Kier alpha value is -1.57. The SMILES string of the molecule is Cc1cccc([C-](N)[NH2+]OC(=O)c2cccc(I)c2)c1. The van der Waals surface area contributed by atoms with E-state index in [0.29, 0.717) is 11.7 Å². The van der Waals surface area contributed by atoms with Crippen LogP contribution < -0.4 is 11.2 Å². The Morgan fingerprint density at radius 3 is 2.70 bits per heavy atom. The van der Waals surface area contributed by atoms with Gasteiger partial charge in [0.15, 0.2) is 0 Å². The average molecular weight is 382 g/mol. The zero-order valence-corrected chi connectivity index (χ0v) is 13.1. The molecule has 0 radical (unpaired) electrons. The fraction of sp³-hybridized carbons (Fsp3) is 0.0667. The molecule has 0 saturated carbocycles. The van der Waals surface area contributed by atoms with E-state index in [0.717, 1.165) is 14.7 Å². The van der Waals surface area contributed by atoms with E-state index in [2.05, 4.69) is 22.6 Å². The van der Waals surface area contributed by atoms with Gasteiger partial charge in [-0.3, -0.25) is 4.84 Å². The van der Waals surface area contributed by atoms with Gasteiger partial charge in [0.2, 0.25) is 0 Å². The maximum atomic E-state index is 11.9. The van der Waals surface area contributed by atoms with Crippen LogP contribution in [0.3, 0.4) is 0 Å². The first-order valence-corrected chi connectivity index (χ1v) is 7.13. The van der Waals surface area contributed by atoms with Crippen molar-refractivity contribution in [3.8, 4) is 0 Å². The molecule has 0 unspecified atom stereocenters. The van der Waals surface area contributed by atoms with Crippen molar-refractivity contribution in [2.45, 2.75) is 6.92 Å². The van der Waals surface area contributed by atoms with Gasteiger partial charge in [-0.15, -0.1) is 17.2 Å². The van der Waals surface area contributed by atoms with Crippen LogP contribution in [0.4, 0.5) is 0 Å². The number of carbonyl (C=O) groups excluding carboxylic acids is 1. The van der Waals surface area contributed by atoms with Gasteiger partial charge in [0, 0.05) is 3.57 Å². The average Bonchev–Trinajstić information content (AvgIpc) is 2.44. The Bertz CT molecular complexity index is 616. The van der Waals surface area contributed by atoms with Crippen molar-refractivity contribution in [1.82, 2.24) is 0 Å². The summed E-state index contributed by atoms with van der Waals surface area (Å²) in [7, 11) is 0. The largest absolute Gasteiger partial charge is 0.396 e. The molecule has 4 N–H and O–H groups in total. The lowest BCUT2D eigenvalue weighted by atomic mass is 10.1. The maximum Gasteiger partial charge on any atom is 0.396 e. The molecule has 0 heterocycles.